The van der Waals surface area contributed by atoms with Crippen LogP contribution >= 0.6 is 0 Å². The molecule has 5 heteroatoms. The SMILES string of the molecule is Cc1ccccc1CNC(=O)c1oc2ccc3c(c2c1C)C(O)CC1(CCCCC1)O3. The number of ether oxygens (including phenoxy) is 1. The molecule has 1 atom stereocenters. The van der Waals surface area contributed by atoms with Gasteiger partial charge in [-0.25, -0.2) is 0 Å². The normalized spacial score (nSPS) is 19.8. The summed E-state index contributed by atoms with van der Waals surface area (Å²) in [4.78, 5) is 12.9. The maximum Gasteiger partial charge on any atom is 0.287 e. The molecule has 162 valence electrons. The largest absolute Gasteiger partial charge is 0.487 e. The van der Waals surface area contributed by atoms with Crippen molar-refractivity contribution in [2.45, 2.75) is 70.6 Å². The first-order valence-electron chi connectivity index (χ1n) is 11.2. The number of nitrogens with one attached hydrogen (secondary N) is 1. The first-order chi connectivity index (χ1) is 15.0. The number of carbonyl (C=O) groups is 1. The number of rotatable bonds is 3. The Labute approximate surface area is 182 Å². The number of aliphatic hydroxyl groups excluding tert-OH is 1. The van der Waals surface area contributed by atoms with Crippen LogP contribution in [0.5, 0.6) is 5.75 Å². The van der Waals surface area contributed by atoms with Crippen molar-refractivity contribution in [1.29, 1.82) is 0 Å². The summed E-state index contributed by atoms with van der Waals surface area (Å²) < 4.78 is 12.4. The maximum atomic E-state index is 12.9. The summed E-state index contributed by atoms with van der Waals surface area (Å²) in [6, 6.07) is 11.7. The molecule has 1 unspecified atom stereocenters. The van der Waals surface area contributed by atoms with Crippen LogP contribution in [0, 0.1) is 13.8 Å². The molecular weight excluding hydrogens is 390 g/mol. The molecule has 1 amide bonds. The minimum Gasteiger partial charge on any atom is -0.487 e. The molecule has 1 spiro atoms. The topological polar surface area (TPSA) is 71.7 Å². The fraction of sp³-hybridized carbons (Fsp3) is 0.423. The number of hydrogen-bond donors (Lipinski definition) is 2. The number of benzene rings is 2. The monoisotopic (exact) mass is 419 g/mol. The number of hydrogen-bond acceptors (Lipinski definition) is 4. The Morgan fingerprint density at radius 3 is 2.68 bits per heavy atom. The summed E-state index contributed by atoms with van der Waals surface area (Å²) in [6.07, 6.45) is 5.45. The smallest absolute Gasteiger partial charge is 0.287 e. The first kappa shape index (κ1) is 20.1. The summed E-state index contributed by atoms with van der Waals surface area (Å²) in [5, 5.41) is 14.9. The van der Waals surface area contributed by atoms with E-state index < -0.39 is 6.10 Å². The van der Waals surface area contributed by atoms with Crippen molar-refractivity contribution in [1.82, 2.24) is 5.32 Å². The van der Waals surface area contributed by atoms with Crippen molar-refractivity contribution in [3.63, 3.8) is 0 Å². The van der Waals surface area contributed by atoms with E-state index in [0.717, 1.165) is 59.1 Å². The molecular formula is C26H29NO4. The van der Waals surface area contributed by atoms with Gasteiger partial charge < -0.3 is 19.6 Å². The lowest BCUT2D eigenvalue weighted by Crippen LogP contribution is -2.42. The fourth-order valence-electron chi connectivity index (χ4n) is 5.28. The van der Waals surface area contributed by atoms with Gasteiger partial charge in [0.25, 0.3) is 5.91 Å². The highest BCUT2D eigenvalue weighted by Crippen LogP contribution is 2.49. The molecule has 5 rings (SSSR count). The van der Waals surface area contributed by atoms with Gasteiger partial charge in [-0.05, 0) is 62.8 Å². The highest BCUT2D eigenvalue weighted by atomic mass is 16.5. The zero-order valence-electron chi connectivity index (χ0n) is 18.2. The van der Waals surface area contributed by atoms with Crippen LogP contribution in [-0.4, -0.2) is 16.6 Å². The van der Waals surface area contributed by atoms with Crippen molar-refractivity contribution in [2.24, 2.45) is 0 Å². The van der Waals surface area contributed by atoms with E-state index in [4.69, 9.17) is 9.15 Å². The molecule has 1 saturated carbocycles. The molecule has 31 heavy (non-hydrogen) atoms. The highest BCUT2D eigenvalue weighted by Gasteiger charge is 2.42. The Hall–Kier alpha value is -2.79. The van der Waals surface area contributed by atoms with E-state index in [0.29, 0.717) is 24.3 Å². The summed E-state index contributed by atoms with van der Waals surface area (Å²) in [5.41, 5.74) is 4.06. The van der Waals surface area contributed by atoms with E-state index in [-0.39, 0.29) is 11.5 Å². The molecule has 2 aromatic carbocycles. The Balaban J connectivity index is 1.46. The van der Waals surface area contributed by atoms with Crippen LogP contribution < -0.4 is 10.1 Å². The summed E-state index contributed by atoms with van der Waals surface area (Å²) in [7, 11) is 0. The predicted molar refractivity (Wildman–Crippen MR) is 119 cm³/mol. The second kappa shape index (κ2) is 7.72. The van der Waals surface area contributed by atoms with Crippen LogP contribution in [0.15, 0.2) is 40.8 Å². The van der Waals surface area contributed by atoms with Gasteiger partial charge >= 0.3 is 0 Å². The Bertz CT molecular complexity index is 1140. The zero-order valence-corrected chi connectivity index (χ0v) is 18.2. The molecule has 5 nitrogen and oxygen atoms in total. The molecule has 3 aromatic rings. The van der Waals surface area contributed by atoms with E-state index in [1.807, 2.05) is 50.2 Å². The Morgan fingerprint density at radius 1 is 1.13 bits per heavy atom. The highest BCUT2D eigenvalue weighted by molar-refractivity contribution is 6.00. The van der Waals surface area contributed by atoms with Gasteiger partial charge in [0.05, 0.1) is 6.10 Å². The van der Waals surface area contributed by atoms with Crippen molar-refractivity contribution in [2.75, 3.05) is 0 Å². The van der Waals surface area contributed by atoms with Gasteiger partial charge in [0.1, 0.15) is 16.9 Å². The number of aryl methyl sites for hydroxylation is 2. The number of fused-ring (bicyclic) bond motifs is 3. The molecule has 2 N–H and O–H groups in total. The van der Waals surface area contributed by atoms with Crippen molar-refractivity contribution in [3.8, 4) is 5.75 Å². The molecule has 1 aliphatic heterocycles. The van der Waals surface area contributed by atoms with Gasteiger partial charge in [-0.15, -0.1) is 0 Å². The second-order valence-electron chi connectivity index (χ2n) is 9.08. The fourth-order valence-corrected chi connectivity index (χ4v) is 5.28. The molecule has 0 radical (unpaired) electrons. The number of furan rings is 1. The third kappa shape index (κ3) is 3.51. The lowest BCUT2D eigenvalue weighted by atomic mass is 9.77. The second-order valence-corrected chi connectivity index (χ2v) is 9.08. The standard InChI is InChI=1S/C26H29NO4/c1-16-8-4-5-9-18(16)15-27-25(29)24-17(2)22-20(30-24)10-11-21-23(22)19(28)14-26(31-21)12-6-3-7-13-26/h4-5,8-11,19,28H,3,6-7,12-15H2,1-2H3,(H,27,29). The van der Waals surface area contributed by atoms with Crippen LogP contribution in [0.25, 0.3) is 11.0 Å². The minimum absolute atomic E-state index is 0.249. The van der Waals surface area contributed by atoms with Crippen LogP contribution in [0.2, 0.25) is 0 Å². The molecule has 0 bridgehead atoms. The van der Waals surface area contributed by atoms with Crippen LogP contribution in [0.4, 0.5) is 0 Å². The average molecular weight is 420 g/mol. The summed E-state index contributed by atoms with van der Waals surface area (Å²) in [6.45, 7) is 4.35. The lowest BCUT2D eigenvalue weighted by molar-refractivity contribution is -0.0373. The van der Waals surface area contributed by atoms with E-state index in [1.54, 1.807) is 0 Å². The first-order valence-corrected chi connectivity index (χ1v) is 11.2. The van der Waals surface area contributed by atoms with Gasteiger partial charge in [-0.2, -0.15) is 0 Å². The lowest BCUT2D eigenvalue weighted by Gasteiger charge is -2.43. The predicted octanol–water partition coefficient (Wildman–Crippen LogP) is 5.50. The van der Waals surface area contributed by atoms with Crippen LogP contribution in [0.3, 0.4) is 0 Å². The number of carbonyl (C=O) groups excluding carboxylic acids is 1. The zero-order chi connectivity index (χ0) is 21.6. The van der Waals surface area contributed by atoms with E-state index in [9.17, 15) is 9.90 Å². The van der Waals surface area contributed by atoms with E-state index in [2.05, 4.69) is 5.32 Å². The molecule has 1 aliphatic carbocycles. The Kier molecular flexibility index (Phi) is 5.01. The van der Waals surface area contributed by atoms with Gasteiger partial charge in [0, 0.05) is 29.5 Å². The minimum atomic E-state index is -0.621. The maximum absolute atomic E-state index is 12.9. The van der Waals surface area contributed by atoms with Crippen LogP contribution in [0.1, 0.15) is 77.4 Å². The van der Waals surface area contributed by atoms with E-state index in [1.165, 1.54) is 6.42 Å². The third-order valence-corrected chi connectivity index (χ3v) is 6.99. The van der Waals surface area contributed by atoms with Gasteiger partial charge in [-0.1, -0.05) is 30.7 Å². The molecule has 2 heterocycles. The van der Waals surface area contributed by atoms with Crippen molar-refractivity contribution < 1.29 is 19.1 Å². The Morgan fingerprint density at radius 2 is 1.90 bits per heavy atom. The molecule has 2 aliphatic rings. The summed E-state index contributed by atoms with van der Waals surface area (Å²) in [5.74, 6) is 0.770. The van der Waals surface area contributed by atoms with Gasteiger partial charge in [0.15, 0.2) is 5.76 Å². The van der Waals surface area contributed by atoms with Crippen LogP contribution in [-0.2, 0) is 6.54 Å². The number of aliphatic hydroxyl groups is 1. The molecule has 0 saturated heterocycles. The van der Waals surface area contributed by atoms with E-state index >= 15 is 0 Å². The molecule has 1 fully saturated rings. The van der Waals surface area contributed by atoms with Gasteiger partial charge in [-0.3, -0.25) is 4.79 Å². The van der Waals surface area contributed by atoms with Gasteiger partial charge in [0.2, 0.25) is 0 Å². The average Bonchev–Trinajstić information content (AvgIpc) is 3.10. The molecule has 1 aromatic heterocycles. The van der Waals surface area contributed by atoms with Crippen molar-refractivity contribution in [3.05, 3.63) is 64.4 Å². The third-order valence-electron chi connectivity index (χ3n) is 6.99. The number of amides is 1. The quantitative estimate of drug-likeness (QED) is 0.588. The van der Waals surface area contributed by atoms with Crippen molar-refractivity contribution >= 4 is 16.9 Å². The summed E-state index contributed by atoms with van der Waals surface area (Å²) >= 11 is 0.